The van der Waals surface area contributed by atoms with Crippen LogP contribution in [0.3, 0.4) is 0 Å². The number of nitrogens with zero attached hydrogens (tertiary/aromatic N) is 3. The minimum Gasteiger partial charge on any atom is -0.361 e. The molecule has 0 N–H and O–H groups in total. The third kappa shape index (κ3) is 3.89. The Balaban J connectivity index is 1.48. The largest absolute Gasteiger partial charge is 0.361 e. The Kier molecular flexibility index (Phi) is 5.09. The molecular weight excluding hydrogens is 361 g/mol. The summed E-state index contributed by atoms with van der Waals surface area (Å²) in [4.78, 5) is 32.7. The first-order chi connectivity index (χ1) is 13.5. The fourth-order valence-corrected chi connectivity index (χ4v) is 3.92. The number of hydrogen-bond acceptors (Lipinski definition) is 4. The van der Waals surface area contributed by atoms with Gasteiger partial charge >= 0.3 is 0 Å². The molecule has 146 valence electrons. The van der Waals surface area contributed by atoms with Gasteiger partial charge in [0.25, 0.3) is 5.91 Å². The highest BCUT2D eigenvalue weighted by Gasteiger charge is 2.44. The third-order valence-corrected chi connectivity index (χ3v) is 5.36. The first-order valence-corrected chi connectivity index (χ1v) is 9.41. The van der Waals surface area contributed by atoms with Crippen molar-refractivity contribution in [2.45, 2.75) is 24.9 Å². The molecule has 2 aromatic rings. The highest BCUT2D eigenvalue weighted by Crippen LogP contribution is 2.32. The van der Waals surface area contributed by atoms with Gasteiger partial charge in [-0.15, -0.1) is 0 Å². The van der Waals surface area contributed by atoms with Crippen LogP contribution in [0.25, 0.3) is 0 Å². The second-order valence-electron chi connectivity index (χ2n) is 7.38. The lowest BCUT2D eigenvalue weighted by atomic mass is 9.90. The molecule has 0 bridgehead atoms. The highest BCUT2D eigenvalue weighted by molar-refractivity contribution is 5.95. The molecule has 1 aromatic heterocycles. The molecule has 7 heteroatoms. The normalized spacial score (nSPS) is 22.5. The van der Waals surface area contributed by atoms with Crippen molar-refractivity contribution in [3.05, 3.63) is 60.2 Å². The Bertz CT molecular complexity index is 859. The van der Waals surface area contributed by atoms with E-state index in [0.717, 1.165) is 18.4 Å². The summed E-state index contributed by atoms with van der Waals surface area (Å²) in [7, 11) is 0. The molecule has 1 unspecified atom stereocenters. The van der Waals surface area contributed by atoms with Gasteiger partial charge < -0.3 is 14.5 Å². The Hall–Kier alpha value is -2.80. The third-order valence-electron chi connectivity index (χ3n) is 5.36. The minimum atomic E-state index is -0.592. The lowest BCUT2D eigenvalue weighted by Crippen LogP contribution is -2.62. The Morgan fingerprint density at radius 3 is 2.79 bits per heavy atom. The van der Waals surface area contributed by atoms with Crippen molar-refractivity contribution < 1.29 is 18.7 Å². The molecule has 2 aliphatic rings. The summed E-state index contributed by atoms with van der Waals surface area (Å²) in [5, 5.41) is 0. The van der Waals surface area contributed by atoms with E-state index in [4.69, 9.17) is 4.74 Å². The molecule has 1 atom stereocenters. The lowest BCUT2D eigenvalue weighted by Gasteiger charge is -2.47. The number of rotatable bonds is 3. The maximum absolute atomic E-state index is 13.2. The summed E-state index contributed by atoms with van der Waals surface area (Å²) in [6.45, 7) is 1.43. The van der Waals surface area contributed by atoms with Gasteiger partial charge in [0, 0.05) is 24.6 Å². The number of aromatic nitrogens is 1. The second-order valence-corrected chi connectivity index (χ2v) is 7.38. The van der Waals surface area contributed by atoms with Gasteiger partial charge in [0.1, 0.15) is 18.0 Å². The maximum atomic E-state index is 13.2. The molecule has 2 saturated heterocycles. The van der Waals surface area contributed by atoms with Gasteiger partial charge in [-0.05, 0) is 48.7 Å². The predicted molar refractivity (Wildman–Crippen MR) is 101 cm³/mol. The van der Waals surface area contributed by atoms with Crippen molar-refractivity contribution in [2.75, 3.05) is 31.1 Å². The topological polar surface area (TPSA) is 62.7 Å². The van der Waals surface area contributed by atoms with E-state index < -0.39 is 5.60 Å². The molecule has 0 saturated carbocycles. The van der Waals surface area contributed by atoms with Gasteiger partial charge in [0.05, 0.1) is 19.5 Å². The van der Waals surface area contributed by atoms with Crippen LogP contribution in [-0.2, 0) is 20.7 Å². The molecule has 6 nitrogen and oxygen atoms in total. The van der Waals surface area contributed by atoms with Gasteiger partial charge in [-0.2, -0.15) is 0 Å². The van der Waals surface area contributed by atoms with E-state index in [1.807, 2.05) is 17.0 Å². The summed E-state index contributed by atoms with van der Waals surface area (Å²) in [6, 6.07) is 9.58. The molecule has 3 heterocycles. The zero-order valence-corrected chi connectivity index (χ0v) is 15.5. The monoisotopic (exact) mass is 383 g/mol. The van der Waals surface area contributed by atoms with Crippen LogP contribution in [0.4, 0.5) is 10.1 Å². The fraction of sp³-hybridized carbons (Fsp3) is 0.381. The molecule has 4 rings (SSSR count). The van der Waals surface area contributed by atoms with E-state index in [1.54, 1.807) is 29.4 Å². The van der Waals surface area contributed by atoms with E-state index in [9.17, 15) is 14.0 Å². The summed E-state index contributed by atoms with van der Waals surface area (Å²) in [5.74, 6) is -0.471. The standard InChI is InChI=1S/C21H22FN3O3/c22-17-4-6-18(7-5-17)25-15-21(28-13-20(25)27)8-2-10-24(14-21)19(26)11-16-3-1-9-23-12-16/h1,3-7,9,12H,2,8,10-11,13-15H2. The first-order valence-electron chi connectivity index (χ1n) is 9.41. The number of piperidine rings is 1. The Labute approximate surface area is 162 Å². The van der Waals surface area contributed by atoms with Crippen molar-refractivity contribution in [1.29, 1.82) is 0 Å². The van der Waals surface area contributed by atoms with Crippen LogP contribution in [0.1, 0.15) is 18.4 Å². The summed E-state index contributed by atoms with van der Waals surface area (Å²) < 4.78 is 19.2. The smallest absolute Gasteiger partial charge is 0.253 e. The van der Waals surface area contributed by atoms with E-state index >= 15 is 0 Å². The number of pyridine rings is 1. The van der Waals surface area contributed by atoms with E-state index in [0.29, 0.717) is 31.7 Å². The van der Waals surface area contributed by atoms with Crippen LogP contribution in [-0.4, -0.2) is 53.5 Å². The number of hydrogen-bond donors (Lipinski definition) is 0. The molecule has 0 aliphatic carbocycles. The van der Waals surface area contributed by atoms with Crippen LogP contribution in [0.15, 0.2) is 48.8 Å². The molecule has 2 amide bonds. The Morgan fingerprint density at radius 1 is 1.21 bits per heavy atom. The number of halogens is 1. The number of morpholine rings is 1. The quantitative estimate of drug-likeness (QED) is 0.815. The molecule has 1 spiro atoms. The molecular formula is C21H22FN3O3. The molecule has 2 aliphatic heterocycles. The van der Waals surface area contributed by atoms with Crippen molar-refractivity contribution in [1.82, 2.24) is 9.88 Å². The van der Waals surface area contributed by atoms with Gasteiger partial charge in [-0.3, -0.25) is 14.6 Å². The predicted octanol–water partition coefficient (Wildman–Crippen LogP) is 2.19. The molecule has 2 fully saturated rings. The average molecular weight is 383 g/mol. The van der Waals surface area contributed by atoms with Gasteiger partial charge in [-0.1, -0.05) is 6.07 Å². The van der Waals surface area contributed by atoms with Crippen molar-refractivity contribution in [3.63, 3.8) is 0 Å². The fourth-order valence-electron chi connectivity index (χ4n) is 3.92. The SMILES string of the molecule is O=C(Cc1cccnc1)N1CCCC2(C1)CN(c1ccc(F)cc1)C(=O)CO2. The summed E-state index contributed by atoms with van der Waals surface area (Å²) in [6.07, 6.45) is 5.26. The average Bonchev–Trinajstić information content (AvgIpc) is 2.72. The van der Waals surface area contributed by atoms with E-state index in [2.05, 4.69) is 4.98 Å². The number of ether oxygens (including phenoxy) is 1. The van der Waals surface area contributed by atoms with Crippen molar-refractivity contribution in [3.8, 4) is 0 Å². The van der Waals surface area contributed by atoms with Crippen molar-refractivity contribution >= 4 is 17.5 Å². The maximum Gasteiger partial charge on any atom is 0.253 e. The molecule has 0 radical (unpaired) electrons. The van der Waals surface area contributed by atoms with Gasteiger partial charge in [0.15, 0.2) is 0 Å². The minimum absolute atomic E-state index is 0.0286. The molecule has 28 heavy (non-hydrogen) atoms. The first kappa shape index (κ1) is 18.6. The highest BCUT2D eigenvalue weighted by atomic mass is 19.1. The van der Waals surface area contributed by atoms with Crippen LogP contribution in [0.2, 0.25) is 0 Å². The number of benzene rings is 1. The molecule has 1 aromatic carbocycles. The number of carbonyl (C=O) groups is 2. The van der Waals surface area contributed by atoms with E-state index in [-0.39, 0.29) is 24.2 Å². The van der Waals surface area contributed by atoms with Crippen LogP contribution in [0, 0.1) is 5.82 Å². The number of amides is 2. The summed E-state index contributed by atoms with van der Waals surface area (Å²) in [5.41, 5.74) is 0.929. The summed E-state index contributed by atoms with van der Waals surface area (Å²) >= 11 is 0. The van der Waals surface area contributed by atoms with E-state index in [1.165, 1.54) is 12.1 Å². The number of likely N-dealkylation sites (tertiary alicyclic amines) is 1. The number of anilines is 1. The second kappa shape index (κ2) is 7.67. The van der Waals surface area contributed by atoms with Crippen LogP contribution >= 0.6 is 0 Å². The van der Waals surface area contributed by atoms with Crippen molar-refractivity contribution in [2.24, 2.45) is 0 Å². The van der Waals surface area contributed by atoms with Gasteiger partial charge in [-0.25, -0.2) is 4.39 Å². The van der Waals surface area contributed by atoms with Gasteiger partial charge in [0.2, 0.25) is 5.91 Å². The zero-order chi connectivity index (χ0) is 19.6. The van der Waals surface area contributed by atoms with Crippen LogP contribution in [0.5, 0.6) is 0 Å². The lowest BCUT2D eigenvalue weighted by molar-refractivity contribution is -0.153. The number of carbonyl (C=O) groups excluding carboxylic acids is 2. The van der Waals surface area contributed by atoms with Crippen LogP contribution < -0.4 is 4.90 Å². The Morgan fingerprint density at radius 2 is 2.04 bits per heavy atom. The zero-order valence-electron chi connectivity index (χ0n) is 15.5.